The van der Waals surface area contributed by atoms with Gasteiger partial charge in [0.25, 0.3) is 7.37 Å². The number of hydrogen-bond donors (Lipinski definition) is 1. The second-order valence-electron chi connectivity index (χ2n) is 5.03. The van der Waals surface area contributed by atoms with E-state index in [1.807, 2.05) is 6.92 Å². The molecule has 0 aliphatic heterocycles. The van der Waals surface area contributed by atoms with E-state index in [2.05, 4.69) is 6.07 Å². The molecule has 1 N–H and O–H groups in total. The maximum atomic E-state index is 13.2. The van der Waals surface area contributed by atoms with Crippen LogP contribution in [0.25, 0.3) is 0 Å². The minimum absolute atomic E-state index is 0.242. The van der Waals surface area contributed by atoms with Crippen molar-refractivity contribution in [2.75, 3.05) is 13.2 Å². The van der Waals surface area contributed by atoms with Crippen molar-refractivity contribution in [1.82, 2.24) is 0 Å². The van der Waals surface area contributed by atoms with Gasteiger partial charge in [-0.15, -0.1) is 0 Å². The van der Waals surface area contributed by atoms with Gasteiger partial charge in [-0.3, -0.25) is 4.57 Å². The van der Waals surface area contributed by atoms with Gasteiger partial charge in [-0.1, -0.05) is 30.7 Å². The molecule has 1 aromatic carbocycles. The first-order chi connectivity index (χ1) is 10.9. The Balaban J connectivity index is 3.34. The molecule has 0 heterocycles. The van der Waals surface area contributed by atoms with Crippen molar-refractivity contribution >= 4 is 19.0 Å². The van der Waals surface area contributed by atoms with Crippen LogP contribution in [0.15, 0.2) is 24.3 Å². The molecule has 0 amide bonds. The minimum atomic E-state index is -3.98. The van der Waals surface area contributed by atoms with Crippen molar-refractivity contribution in [2.45, 2.75) is 38.9 Å². The molecule has 7 heteroatoms. The Labute approximate surface area is 142 Å². The molecular weight excluding hydrogens is 337 g/mol. The molecule has 0 bridgehead atoms. The first kappa shape index (κ1) is 20.2. The van der Waals surface area contributed by atoms with Gasteiger partial charge in [-0.2, -0.15) is 5.26 Å². The molecule has 0 aliphatic carbocycles. The molecule has 0 radical (unpaired) electrons. The van der Waals surface area contributed by atoms with Gasteiger partial charge in [0.2, 0.25) is 6.03 Å². The summed E-state index contributed by atoms with van der Waals surface area (Å²) >= 11 is 5.89. The highest BCUT2D eigenvalue weighted by atomic mass is 35.5. The second-order valence-corrected chi connectivity index (χ2v) is 7.79. The normalized spacial score (nSPS) is 16.6. The summed E-state index contributed by atoms with van der Waals surface area (Å²) in [6.45, 7) is 5.75. The van der Waals surface area contributed by atoms with Crippen LogP contribution in [0.2, 0.25) is 5.02 Å². The van der Waals surface area contributed by atoms with Crippen LogP contribution in [0.4, 0.5) is 0 Å². The lowest BCUT2D eigenvalue weighted by Gasteiger charge is -2.31. The van der Waals surface area contributed by atoms with Gasteiger partial charge in [-0.25, -0.2) is 0 Å². The van der Waals surface area contributed by atoms with Crippen molar-refractivity contribution in [3.05, 3.63) is 34.9 Å². The molecule has 0 saturated heterocycles. The largest absolute Gasteiger partial charge is 0.345 e. The minimum Gasteiger partial charge on any atom is -0.345 e. The van der Waals surface area contributed by atoms with Crippen LogP contribution in [0.3, 0.4) is 0 Å². The van der Waals surface area contributed by atoms with E-state index < -0.39 is 25.0 Å². The Morgan fingerprint density at radius 3 is 2.13 bits per heavy atom. The van der Waals surface area contributed by atoms with Crippen LogP contribution in [0.1, 0.15) is 38.4 Å². The zero-order valence-electron chi connectivity index (χ0n) is 13.6. The second kappa shape index (κ2) is 9.42. The predicted octanol–water partition coefficient (Wildman–Crippen LogP) is 4.56. The van der Waals surface area contributed by atoms with Gasteiger partial charge in [0, 0.05) is 18.2 Å². The molecule has 0 saturated carbocycles. The van der Waals surface area contributed by atoms with E-state index in [9.17, 15) is 14.7 Å². The first-order valence-electron chi connectivity index (χ1n) is 7.62. The van der Waals surface area contributed by atoms with Crippen LogP contribution in [-0.4, -0.2) is 24.1 Å². The van der Waals surface area contributed by atoms with Crippen LogP contribution in [0, 0.1) is 17.2 Å². The maximum Gasteiger partial charge on any atom is 0.263 e. The van der Waals surface area contributed by atoms with E-state index in [0.717, 1.165) is 0 Å². The SMILES string of the molecule is CCOC(OCC)P(=O)(O)C(c1ccc(Cl)cc1)C(C#N)CC. The summed E-state index contributed by atoms with van der Waals surface area (Å²) in [6.07, 6.45) is 0.444. The molecule has 0 spiro atoms. The maximum absolute atomic E-state index is 13.2. The third kappa shape index (κ3) is 5.04. The average Bonchev–Trinajstić information content (AvgIpc) is 2.53. The molecule has 23 heavy (non-hydrogen) atoms. The van der Waals surface area contributed by atoms with E-state index >= 15 is 0 Å². The van der Waals surface area contributed by atoms with Crippen molar-refractivity contribution < 1.29 is 18.9 Å². The highest BCUT2D eigenvalue weighted by Crippen LogP contribution is 2.63. The molecular formula is C16H23ClNO4P. The molecule has 128 valence electrons. The average molecular weight is 360 g/mol. The van der Waals surface area contributed by atoms with Crippen LogP contribution >= 0.6 is 19.0 Å². The summed E-state index contributed by atoms with van der Waals surface area (Å²) in [5.41, 5.74) is -0.309. The summed E-state index contributed by atoms with van der Waals surface area (Å²) < 4.78 is 23.8. The molecule has 0 aliphatic rings. The van der Waals surface area contributed by atoms with Crippen LogP contribution < -0.4 is 0 Å². The van der Waals surface area contributed by atoms with E-state index in [1.165, 1.54) is 0 Å². The lowest BCUT2D eigenvalue weighted by molar-refractivity contribution is -0.0882. The summed E-state index contributed by atoms with van der Waals surface area (Å²) in [4.78, 5) is 10.8. The fourth-order valence-electron chi connectivity index (χ4n) is 2.43. The number of ether oxygens (including phenoxy) is 2. The monoisotopic (exact) mass is 359 g/mol. The lowest BCUT2D eigenvalue weighted by atomic mass is 9.98. The summed E-state index contributed by atoms with van der Waals surface area (Å²) in [5, 5.41) is 9.95. The Bertz CT molecular complexity index is 566. The third-order valence-corrected chi connectivity index (χ3v) is 6.13. The van der Waals surface area contributed by atoms with E-state index in [1.54, 1.807) is 38.1 Å². The van der Waals surface area contributed by atoms with Gasteiger partial charge in [0.15, 0.2) is 0 Å². The molecule has 5 nitrogen and oxygen atoms in total. The number of rotatable bonds is 9. The fraction of sp³-hybridized carbons (Fsp3) is 0.562. The van der Waals surface area contributed by atoms with E-state index in [4.69, 9.17) is 21.1 Å². The Hall–Kier alpha value is -0.890. The molecule has 0 aromatic heterocycles. The number of benzene rings is 1. The van der Waals surface area contributed by atoms with Gasteiger partial charge in [-0.05, 0) is 38.0 Å². The number of nitriles is 1. The molecule has 0 fully saturated rings. The molecule has 3 unspecified atom stereocenters. The molecule has 3 atom stereocenters. The van der Waals surface area contributed by atoms with Gasteiger partial charge < -0.3 is 14.4 Å². The van der Waals surface area contributed by atoms with Crippen molar-refractivity contribution in [1.29, 1.82) is 5.26 Å². The first-order valence-corrected chi connectivity index (χ1v) is 9.80. The quantitative estimate of drug-likeness (QED) is 0.516. The number of halogens is 1. The number of nitrogens with zero attached hydrogens (tertiary/aromatic N) is 1. The van der Waals surface area contributed by atoms with E-state index in [-0.39, 0.29) is 13.2 Å². The third-order valence-electron chi connectivity index (χ3n) is 3.52. The van der Waals surface area contributed by atoms with E-state index in [0.29, 0.717) is 17.0 Å². The van der Waals surface area contributed by atoms with Gasteiger partial charge in [0.05, 0.1) is 17.6 Å². The predicted molar refractivity (Wildman–Crippen MR) is 90.5 cm³/mol. The Morgan fingerprint density at radius 1 is 1.22 bits per heavy atom. The fourth-order valence-corrected chi connectivity index (χ4v) is 4.93. The molecule has 1 aromatic rings. The topological polar surface area (TPSA) is 79.6 Å². The summed E-state index contributed by atoms with van der Waals surface area (Å²) in [7, 11) is -3.98. The smallest absolute Gasteiger partial charge is 0.263 e. The van der Waals surface area contributed by atoms with Crippen LogP contribution in [0.5, 0.6) is 0 Å². The number of hydrogen-bond acceptors (Lipinski definition) is 4. The zero-order valence-corrected chi connectivity index (χ0v) is 15.3. The van der Waals surface area contributed by atoms with Gasteiger partial charge >= 0.3 is 0 Å². The van der Waals surface area contributed by atoms with Crippen molar-refractivity contribution in [3.8, 4) is 6.07 Å². The zero-order chi connectivity index (χ0) is 17.5. The highest BCUT2D eigenvalue weighted by molar-refractivity contribution is 7.58. The molecule has 1 rings (SSSR count). The van der Waals surface area contributed by atoms with Crippen molar-refractivity contribution in [3.63, 3.8) is 0 Å². The highest BCUT2D eigenvalue weighted by Gasteiger charge is 2.45. The summed E-state index contributed by atoms with van der Waals surface area (Å²) in [6, 6.07) is 7.51. The lowest BCUT2D eigenvalue weighted by Crippen LogP contribution is -2.24. The summed E-state index contributed by atoms with van der Waals surface area (Å²) in [5.74, 6) is -0.629. The van der Waals surface area contributed by atoms with Crippen LogP contribution in [-0.2, 0) is 14.0 Å². The Morgan fingerprint density at radius 2 is 1.74 bits per heavy atom. The van der Waals surface area contributed by atoms with Gasteiger partial charge in [0.1, 0.15) is 0 Å². The van der Waals surface area contributed by atoms with Crippen molar-refractivity contribution in [2.24, 2.45) is 5.92 Å². The Kier molecular flexibility index (Phi) is 8.25. The standard InChI is InChI=1S/C16H23ClNO4P/c1-4-12(11-18)15(13-7-9-14(17)10-8-13)23(19,20)16(21-5-2)22-6-3/h7-10,12,15-16H,4-6H2,1-3H3,(H,19,20).